The van der Waals surface area contributed by atoms with Gasteiger partial charge in [0.15, 0.2) is 5.69 Å². The average Bonchev–Trinajstić information content (AvgIpc) is 2.99. The van der Waals surface area contributed by atoms with Crippen molar-refractivity contribution in [3.63, 3.8) is 0 Å². The summed E-state index contributed by atoms with van der Waals surface area (Å²) in [7, 11) is 0. The van der Waals surface area contributed by atoms with E-state index >= 15 is 0 Å². The molecule has 0 radical (unpaired) electrons. The van der Waals surface area contributed by atoms with Gasteiger partial charge in [0.25, 0.3) is 11.8 Å². The van der Waals surface area contributed by atoms with Gasteiger partial charge in [0.2, 0.25) is 5.82 Å². The number of benzene rings is 1. The Morgan fingerprint density at radius 3 is 2.44 bits per heavy atom. The molecule has 27 heavy (non-hydrogen) atoms. The molecule has 6 heteroatoms. The van der Waals surface area contributed by atoms with Crippen molar-refractivity contribution in [1.82, 2.24) is 20.0 Å². The van der Waals surface area contributed by atoms with E-state index in [-0.39, 0.29) is 23.3 Å². The topological polar surface area (TPSA) is 75.5 Å². The normalized spacial score (nSPS) is 11.4. The number of aromatic nitrogens is 2. The maximum absolute atomic E-state index is 12.7. The van der Waals surface area contributed by atoms with E-state index in [1.165, 1.54) is 0 Å². The number of hydrogen-bond donors (Lipinski definition) is 2. The van der Waals surface area contributed by atoms with Crippen molar-refractivity contribution in [3.05, 3.63) is 71.3 Å². The molecule has 0 bridgehead atoms. The Kier molecular flexibility index (Phi) is 4.99. The molecule has 0 saturated heterocycles. The van der Waals surface area contributed by atoms with Crippen LogP contribution < -0.4 is 10.6 Å². The van der Waals surface area contributed by atoms with Crippen LogP contribution in [0.4, 0.5) is 0 Å². The maximum Gasteiger partial charge on any atom is 0.288 e. The number of pyridine rings is 1. The lowest BCUT2D eigenvalue weighted by molar-refractivity contribution is 0.0908. The Bertz CT molecular complexity index is 999. The number of carbonyl (C=O) groups excluding carboxylic acids is 2. The third kappa shape index (κ3) is 4.16. The number of aryl methyl sites for hydroxylation is 1. The molecule has 0 aliphatic heterocycles. The molecule has 0 aliphatic carbocycles. The van der Waals surface area contributed by atoms with Crippen LogP contribution in [0, 0.1) is 6.92 Å². The molecule has 2 N–H and O–H groups in total. The number of nitrogens with one attached hydrogen (secondary N) is 2. The second kappa shape index (κ2) is 7.23. The predicted molar refractivity (Wildman–Crippen MR) is 105 cm³/mol. The van der Waals surface area contributed by atoms with Crippen LogP contribution in [-0.2, 0) is 6.54 Å². The summed E-state index contributed by atoms with van der Waals surface area (Å²) >= 11 is 0. The summed E-state index contributed by atoms with van der Waals surface area (Å²) in [6.45, 7) is 8.10. The highest BCUT2D eigenvalue weighted by molar-refractivity contribution is 6.02. The van der Waals surface area contributed by atoms with Gasteiger partial charge in [-0.05, 0) is 51.0 Å². The Balaban J connectivity index is 1.89. The second-order valence-corrected chi connectivity index (χ2v) is 7.55. The number of hydrogen-bond acceptors (Lipinski definition) is 3. The SMILES string of the molecule is Cc1ccccc1CNC(=O)c1nc(C(=O)NC(C)(C)C)n2ccccc12. The van der Waals surface area contributed by atoms with E-state index in [0.717, 1.165) is 11.1 Å². The first-order chi connectivity index (χ1) is 12.8. The molecule has 1 aromatic carbocycles. The van der Waals surface area contributed by atoms with E-state index in [1.807, 2.05) is 58.0 Å². The molecular formula is C21H24N4O2. The standard InChI is InChI=1S/C21H24N4O2/c1-14-9-5-6-10-15(14)13-22-19(26)17-16-11-7-8-12-25(16)18(23-17)20(27)24-21(2,3)4/h5-12H,13H2,1-4H3,(H,22,26)(H,24,27). The minimum atomic E-state index is -0.398. The molecule has 3 aromatic rings. The van der Waals surface area contributed by atoms with E-state index in [9.17, 15) is 9.59 Å². The molecule has 6 nitrogen and oxygen atoms in total. The van der Waals surface area contributed by atoms with Crippen molar-refractivity contribution in [2.24, 2.45) is 0 Å². The lowest BCUT2D eigenvalue weighted by atomic mass is 10.1. The van der Waals surface area contributed by atoms with Gasteiger partial charge in [-0.1, -0.05) is 30.3 Å². The van der Waals surface area contributed by atoms with Crippen LogP contribution in [0.25, 0.3) is 5.52 Å². The van der Waals surface area contributed by atoms with Gasteiger partial charge >= 0.3 is 0 Å². The quantitative estimate of drug-likeness (QED) is 0.747. The van der Waals surface area contributed by atoms with Crippen LogP contribution >= 0.6 is 0 Å². The lowest BCUT2D eigenvalue weighted by Gasteiger charge is -2.19. The van der Waals surface area contributed by atoms with E-state index in [4.69, 9.17) is 0 Å². The fraction of sp³-hybridized carbons (Fsp3) is 0.286. The summed E-state index contributed by atoms with van der Waals surface area (Å²) in [5.41, 5.74) is 2.59. The van der Waals surface area contributed by atoms with E-state index in [0.29, 0.717) is 12.1 Å². The smallest absolute Gasteiger partial charge is 0.288 e. The Hall–Kier alpha value is -3.15. The number of imidazole rings is 1. The molecule has 2 aromatic heterocycles. The summed E-state index contributed by atoms with van der Waals surface area (Å²) in [6.07, 6.45) is 1.73. The van der Waals surface area contributed by atoms with Gasteiger partial charge in [0, 0.05) is 18.3 Å². The zero-order valence-corrected chi connectivity index (χ0v) is 16.0. The first-order valence-corrected chi connectivity index (χ1v) is 8.88. The summed E-state index contributed by atoms with van der Waals surface area (Å²) in [6, 6.07) is 13.3. The summed E-state index contributed by atoms with van der Waals surface area (Å²) < 4.78 is 1.64. The molecule has 2 amide bonds. The molecule has 3 rings (SSSR count). The van der Waals surface area contributed by atoms with Crippen LogP contribution in [0.3, 0.4) is 0 Å². The van der Waals surface area contributed by atoms with Crippen LogP contribution in [0.2, 0.25) is 0 Å². The van der Waals surface area contributed by atoms with Gasteiger partial charge in [-0.15, -0.1) is 0 Å². The fourth-order valence-electron chi connectivity index (χ4n) is 2.83. The van der Waals surface area contributed by atoms with Gasteiger partial charge in [-0.25, -0.2) is 4.98 Å². The molecular weight excluding hydrogens is 340 g/mol. The van der Waals surface area contributed by atoms with Crippen molar-refractivity contribution < 1.29 is 9.59 Å². The zero-order chi connectivity index (χ0) is 19.6. The highest BCUT2D eigenvalue weighted by Gasteiger charge is 2.24. The molecule has 0 spiro atoms. The van der Waals surface area contributed by atoms with Gasteiger partial charge in [0.1, 0.15) is 0 Å². The minimum absolute atomic E-state index is 0.196. The largest absolute Gasteiger partial charge is 0.347 e. The third-order valence-corrected chi connectivity index (χ3v) is 4.16. The molecule has 0 aliphatic rings. The Labute approximate surface area is 158 Å². The van der Waals surface area contributed by atoms with Crippen LogP contribution in [-0.4, -0.2) is 26.7 Å². The van der Waals surface area contributed by atoms with Crippen molar-refractivity contribution in [2.45, 2.75) is 39.8 Å². The predicted octanol–water partition coefficient (Wildman–Crippen LogP) is 3.10. The number of rotatable bonds is 4. The summed E-state index contributed by atoms with van der Waals surface area (Å²) in [5.74, 6) is -0.431. The molecule has 0 saturated carbocycles. The van der Waals surface area contributed by atoms with E-state index < -0.39 is 5.54 Å². The van der Waals surface area contributed by atoms with Crippen molar-refractivity contribution in [3.8, 4) is 0 Å². The number of amides is 2. The summed E-state index contributed by atoms with van der Waals surface area (Å²) in [4.78, 5) is 29.7. The van der Waals surface area contributed by atoms with Crippen molar-refractivity contribution >= 4 is 17.3 Å². The first-order valence-electron chi connectivity index (χ1n) is 8.88. The van der Waals surface area contributed by atoms with Gasteiger partial charge in [-0.2, -0.15) is 0 Å². The second-order valence-electron chi connectivity index (χ2n) is 7.55. The van der Waals surface area contributed by atoms with Gasteiger partial charge in [0.05, 0.1) is 5.52 Å². The molecule has 0 atom stereocenters. The monoisotopic (exact) mass is 364 g/mol. The molecule has 0 unspecified atom stereocenters. The van der Waals surface area contributed by atoms with E-state index in [2.05, 4.69) is 15.6 Å². The third-order valence-electron chi connectivity index (χ3n) is 4.16. The molecule has 0 fully saturated rings. The molecule has 2 heterocycles. The number of fused-ring (bicyclic) bond motifs is 1. The first kappa shape index (κ1) is 18.6. The number of nitrogens with zero attached hydrogens (tertiary/aromatic N) is 2. The zero-order valence-electron chi connectivity index (χ0n) is 16.0. The maximum atomic E-state index is 12.7. The van der Waals surface area contributed by atoms with Crippen molar-refractivity contribution in [1.29, 1.82) is 0 Å². The van der Waals surface area contributed by atoms with Crippen LogP contribution in [0.1, 0.15) is 53.0 Å². The van der Waals surface area contributed by atoms with Gasteiger partial charge in [-0.3, -0.25) is 14.0 Å². The van der Waals surface area contributed by atoms with Gasteiger partial charge < -0.3 is 10.6 Å². The average molecular weight is 364 g/mol. The highest BCUT2D eigenvalue weighted by atomic mass is 16.2. The minimum Gasteiger partial charge on any atom is -0.347 e. The lowest BCUT2D eigenvalue weighted by Crippen LogP contribution is -2.41. The van der Waals surface area contributed by atoms with Crippen molar-refractivity contribution in [2.75, 3.05) is 0 Å². The fourth-order valence-corrected chi connectivity index (χ4v) is 2.83. The summed E-state index contributed by atoms with van der Waals surface area (Å²) in [5, 5.41) is 5.79. The Morgan fingerprint density at radius 1 is 1.04 bits per heavy atom. The number of carbonyl (C=O) groups is 2. The highest BCUT2D eigenvalue weighted by Crippen LogP contribution is 2.15. The Morgan fingerprint density at radius 2 is 1.74 bits per heavy atom. The molecule has 140 valence electrons. The van der Waals surface area contributed by atoms with Crippen LogP contribution in [0.15, 0.2) is 48.7 Å². The van der Waals surface area contributed by atoms with Crippen LogP contribution in [0.5, 0.6) is 0 Å². The van der Waals surface area contributed by atoms with E-state index in [1.54, 1.807) is 22.7 Å².